The van der Waals surface area contributed by atoms with E-state index in [2.05, 4.69) is 52.7 Å². The molecule has 1 unspecified atom stereocenters. The Hall–Kier alpha value is -0.670. The van der Waals surface area contributed by atoms with Crippen LogP contribution in [0.3, 0.4) is 0 Å². The maximum atomic E-state index is 4.40. The summed E-state index contributed by atoms with van der Waals surface area (Å²) in [5.41, 5.74) is 1.10. The molecular weight excluding hydrogens is 264 g/mol. The van der Waals surface area contributed by atoms with Crippen LogP contribution in [-0.4, -0.2) is 11.5 Å². The van der Waals surface area contributed by atoms with Crippen LogP contribution in [0.5, 0.6) is 0 Å². The van der Waals surface area contributed by atoms with Gasteiger partial charge in [0.05, 0.1) is 5.69 Å². The number of pyridine rings is 1. The second-order valence-electron chi connectivity index (χ2n) is 4.33. The molecule has 0 radical (unpaired) electrons. The summed E-state index contributed by atoms with van der Waals surface area (Å²) in [4.78, 5) is 4.40. The van der Waals surface area contributed by atoms with Gasteiger partial charge >= 0.3 is 0 Å². The molecular formula is C13H19BrN2. The predicted octanol–water partition coefficient (Wildman–Crippen LogP) is 3.67. The highest BCUT2D eigenvalue weighted by Gasteiger charge is 2.13. The van der Waals surface area contributed by atoms with E-state index in [1.807, 2.05) is 18.3 Å². The summed E-state index contributed by atoms with van der Waals surface area (Å²) in [6.45, 7) is 9.05. The van der Waals surface area contributed by atoms with Crippen LogP contribution in [-0.2, 0) is 0 Å². The van der Waals surface area contributed by atoms with Gasteiger partial charge in [-0.3, -0.25) is 4.98 Å². The van der Waals surface area contributed by atoms with Crippen LogP contribution < -0.4 is 5.32 Å². The Morgan fingerprint density at radius 3 is 2.75 bits per heavy atom. The van der Waals surface area contributed by atoms with Crippen LogP contribution in [0, 0.1) is 5.92 Å². The topological polar surface area (TPSA) is 24.9 Å². The van der Waals surface area contributed by atoms with E-state index >= 15 is 0 Å². The zero-order valence-corrected chi connectivity index (χ0v) is 11.5. The van der Waals surface area contributed by atoms with Crippen molar-refractivity contribution in [2.75, 3.05) is 6.54 Å². The predicted molar refractivity (Wildman–Crippen MR) is 72.5 cm³/mol. The van der Waals surface area contributed by atoms with Gasteiger partial charge in [0.15, 0.2) is 0 Å². The standard InChI is InChI=1S/C13H19BrN2/c1-10(2)8-13(16-9-11(3)14)12-6-4-5-7-15-12/h4-7,10,13,16H,3,8-9H2,1-2H3. The summed E-state index contributed by atoms with van der Waals surface area (Å²) in [6, 6.07) is 6.34. The summed E-state index contributed by atoms with van der Waals surface area (Å²) >= 11 is 3.36. The van der Waals surface area contributed by atoms with Crippen molar-refractivity contribution in [1.82, 2.24) is 10.3 Å². The van der Waals surface area contributed by atoms with E-state index in [0.717, 1.165) is 23.1 Å². The molecule has 1 aromatic heterocycles. The molecule has 0 saturated heterocycles. The normalized spacial score (nSPS) is 12.8. The van der Waals surface area contributed by atoms with Crippen molar-refractivity contribution in [3.05, 3.63) is 41.2 Å². The molecule has 0 fully saturated rings. The summed E-state index contributed by atoms with van der Waals surface area (Å²) < 4.78 is 0.970. The van der Waals surface area contributed by atoms with Gasteiger partial charge in [-0.25, -0.2) is 0 Å². The van der Waals surface area contributed by atoms with Crippen molar-refractivity contribution in [3.63, 3.8) is 0 Å². The lowest BCUT2D eigenvalue weighted by atomic mass is 10.0. The highest BCUT2D eigenvalue weighted by atomic mass is 79.9. The summed E-state index contributed by atoms with van der Waals surface area (Å²) in [5.74, 6) is 0.642. The molecule has 1 aromatic rings. The number of hydrogen-bond donors (Lipinski definition) is 1. The second kappa shape index (κ2) is 6.81. The highest BCUT2D eigenvalue weighted by molar-refractivity contribution is 9.11. The molecule has 1 atom stereocenters. The fourth-order valence-electron chi connectivity index (χ4n) is 1.60. The minimum absolute atomic E-state index is 0.301. The van der Waals surface area contributed by atoms with E-state index < -0.39 is 0 Å². The van der Waals surface area contributed by atoms with Crippen LogP contribution >= 0.6 is 15.9 Å². The van der Waals surface area contributed by atoms with Crippen LogP contribution in [0.1, 0.15) is 32.0 Å². The highest BCUT2D eigenvalue weighted by Crippen LogP contribution is 2.19. The van der Waals surface area contributed by atoms with Crippen molar-refractivity contribution in [2.45, 2.75) is 26.3 Å². The van der Waals surface area contributed by atoms with E-state index in [1.54, 1.807) is 0 Å². The van der Waals surface area contributed by atoms with Gasteiger partial charge in [-0.2, -0.15) is 0 Å². The number of nitrogens with zero attached hydrogens (tertiary/aromatic N) is 1. The summed E-state index contributed by atoms with van der Waals surface area (Å²) in [6.07, 6.45) is 2.92. The van der Waals surface area contributed by atoms with Gasteiger partial charge < -0.3 is 5.32 Å². The van der Waals surface area contributed by atoms with Crippen LogP contribution in [0.2, 0.25) is 0 Å². The minimum atomic E-state index is 0.301. The zero-order valence-electron chi connectivity index (χ0n) is 9.91. The molecule has 16 heavy (non-hydrogen) atoms. The molecule has 0 spiro atoms. The van der Waals surface area contributed by atoms with Crippen LogP contribution in [0.15, 0.2) is 35.5 Å². The fraction of sp³-hybridized carbons (Fsp3) is 0.462. The quantitative estimate of drug-likeness (QED) is 0.861. The third-order valence-electron chi connectivity index (χ3n) is 2.29. The molecule has 0 amide bonds. The van der Waals surface area contributed by atoms with Crippen molar-refractivity contribution in [1.29, 1.82) is 0 Å². The molecule has 0 aliphatic carbocycles. The molecule has 0 aliphatic heterocycles. The molecule has 0 bridgehead atoms. The molecule has 0 aromatic carbocycles. The number of hydrogen-bond acceptors (Lipinski definition) is 2. The smallest absolute Gasteiger partial charge is 0.0573 e. The Labute approximate surface area is 106 Å². The maximum absolute atomic E-state index is 4.40. The van der Waals surface area contributed by atoms with Gasteiger partial charge in [-0.15, -0.1) is 0 Å². The molecule has 1 N–H and O–H groups in total. The lowest BCUT2D eigenvalue weighted by Crippen LogP contribution is -2.24. The van der Waals surface area contributed by atoms with E-state index in [-0.39, 0.29) is 0 Å². The fourth-order valence-corrected chi connectivity index (χ4v) is 1.76. The van der Waals surface area contributed by atoms with Gasteiger partial charge in [0, 0.05) is 23.3 Å². The average Bonchev–Trinajstić information content (AvgIpc) is 2.25. The molecule has 88 valence electrons. The van der Waals surface area contributed by atoms with Gasteiger partial charge in [-0.05, 0) is 24.5 Å². The van der Waals surface area contributed by atoms with Crippen molar-refractivity contribution in [3.8, 4) is 0 Å². The Balaban J connectivity index is 2.67. The van der Waals surface area contributed by atoms with Gasteiger partial charge in [0.25, 0.3) is 0 Å². The number of nitrogens with one attached hydrogen (secondary N) is 1. The number of halogens is 1. The van der Waals surface area contributed by atoms with E-state index in [4.69, 9.17) is 0 Å². The molecule has 2 nitrogen and oxygen atoms in total. The lowest BCUT2D eigenvalue weighted by Gasteiger charge is -2.20. The first-order valence-corrected chi connectivity index (χ1v) is 6.36. The van der Waals surface area contributed by atoms with Crippen molar-refractivity contribution in [2.24, 2.45) is 5.92 Å². The molecule has 1 heterocycles. The third kappa shape index (κ3) is 4.90. The Kier molecular flexibility index (Phi) is 5.71. The first-order valence-electron chi connectivity index (χ1n) is 5.57. The first kappa shape index (κ1) is 13.4. The maximum Gasteiger partial charge on any atom is 0.0573 e. The SMILES string of the molecule is C=C(Br)CNC(CC(C)C)c1ccccn1. The summed E-state index contributed by atoms with van der Waals surface area (Å²) in [5, 5.41) is 3.46. The van der Waals surface area contributed by atoms with Gasteiger partial charge in [0.1, 0.15) is 0 Å². The van der Waals surface area contributed by atoms with Crippen molar-refractivity contribution < 1.29 is 0 Å². The molecule has 0 aliphatic rings. The first-order chi connectivity index (χ1) is 7.59. The van der Waals surface area contributed by atoms with Gasteiger partial charge in [-0.1, -0.05) is 42.4 Å². The molecule has 0 saturated carbocycles. The van der Waals surface area contributed by atoms with Crippen LogP contribution in [0.4, 0.5) is 0 Å². The van der Waals surface area contributed by atoms with Gasteiger partial charge in [0.2, 0.25) is 0 Å². The Morgan fingerprint density at radius 1 is 1.50 bits per heavy atom. The minimum Gasteiger partial charge on any atom is -0.304 e. The number of rotatable bonds is 6. The zero-order chi connectivity index (χ0) is 12.0. The van der Waals surface area contributed by atoms with Crippen molar-refractivity contribution >= 4 is 15.9 Å². The van der Waals surface area contributed by atoms with E-state index in [9.17, 15) is 0 Å². The lowest BCUT2D eigenvalue weighted by molar-refractivity contribution is 0.436. The second-order valence-corrected chi connectivity index (χ2v) is 5.46. The molecule has 3 heteroatoms. The average molecular weight is 283 g/mol. The molecule has 1 rings (SSSR count). The number of aromatic nitrogens is 1. The van der Waals surface area contributed by atoms with Crippen LogP contribution in [0.25, 0.3) is 0 Å². The third-order valence-corrected chi connectivity index (χ3v) is 2.57. The Bertz CT molecular complexity index is 322. The monoisotopic (exact) mass is 282 g/mol. The largest absolute Gasteiger partial charge is 0.304 e. The summed E-state index contributed by atoms with van der Waals surface area (Å²) in [7, 11) is 0. The van der Waals surface area contributed by atoms with E-state index in [0.29, 0.717) is 12.0 Å². The van der Waals surface area contributed by atoms with E-state index in [1.165, 1.54) is 0 Å². The Morgan fingerprint density at radius 2 is 2.25 bits per heavy atom.